The summed E-state index contributed by atoms with van der Waals surface area (Å²) in [5.41, 5.74) is 4.00. The zero-order valence-electron chi connectivity index (χ0n) is 14.7. The normalized spacial score (nSPS) is 12.7. The van der Waals surface area contributed by atoms with Gasteiger partial charge in [-0.3, -0.25) is 0 Å². The van der Waals surface area contributed by atoms with Crippen LogP contribution in [0.2, 0.25) is 0 Å². The Kier molecular flexibility index (Phi) is 4.53. The third kappa shape index (κ3) is 3.31. The minimum atomic E-state index is 0.558. The van der Waals surface area contributed by atoms with Gasteiger partial charge in [0.2, 0.25) is 0 Å². The molecular formula is C23H24N2. The van der Waals surface area contributed by atoms with Gasteiger partial charge in [-0.05, 0) is 30.2 Å². The second kappa shape index (κ2) is 7.12. The molecule has 0 aliphatic carbocycles. The van der Waals surface area contributed by atoms with Crippen molar-refractivity contribution < 1.29 is 0 Å². The van der Waals surface area contributed by atoms with Crippen molar-refractivity contribution in [3.05, 3.63) is 84.4 Å². The van der Waals surface area contributed by atoms with Crippen molar-refractivity contribution >= 4 is 21.8 Å². The largest absolute Gasteiger partial charge is 0.340 e. The Morgan fingerprint density at radius 2 is 1.32 bits per heavy atom. The van der Waals surface area contributed by atoms with Gasteiger partial charge in [0.05, 0.1) is 0 Å². The predicted molar refractivity (Wildman–Crippen MR) is 107 cm³/mol. The van der Waals surface area contributed by atoms with Crippen LogP contribution >= 0.6 is 0 Å². The van der Waals surface area contributed by atoms with E-state index in [2.05, 4.69) is 95.7 Å². The van der Waals surface area contributed by atoms with Crippen molar-refractivity contribution in [2.45, 2.75) is 20.0 Å². The van der Waals surface area contributed by atoms with Crippen LogP contribution in [0.15, 0.2) is 78.9 Å². The van der Waals surface area contributed by atoms with Gasteiger partial charge in [0.25, 0.3) is 0 Å². The molecule has 0 aliphatic rings. The molecule has 0 bridgehead atoms. The Morgan fingerprint density at radius 1 is 0.760 bits per heavy atom. The fraction of sp³-hybridized carbons (Fsp3) is 0.217. The molecule has 1 N–H and O–H groups in total. The molecule has 0 saturated carbocycles. The maximum absolute atomic E-state index is 3.60. The van der Waals surface area contributed by atoms with E-state index in [1.807, 2.05) is 0 Å². The van der Waals surface area contributed by atoms with Crippen LogP contribution in [0.1, 0.15) is 12.5 Å². The first-order valence-electron chi connectivity index (χ1n) is 9.03. The quantitative estimate of drug-likeness (QED) is 0.513. The Morgan fingerprint density at radius 3 is 1.96 bits per heavy atom. The van der Waals surface area contributed by atoms with Crippen molar-refractivity contribution in [1.82, 2.24) is 9.88 Å². The highest BCUT2D eigenvalue weighted by Gasteiger charge is 2.12. The number of fused-ring (bicyclic) bond motifs is 3. The van der Waals surface area contributed by atoms with E-state index in [4.69, 9.17) is 0 Å². The second-order valence-electron chi connectivity index (χ2n) is 6.87. The van der Waals surface area contributed by atoms with E-state index in [9.17, 15) is 0 Å². The molecule has 0 amide bonds. The minimum absolute atomic E-state index is 0.558. The van der Waals surface area contributed by atoms with Gasteiger partial charge in [0, 0.05) is 34.9 Å². The van der Waals surface area contributed by atoms with Crippen LogP contribution in [-0.4, -0.2) is 11.1 Å². The van der Waals surface area contributed by atoms with Gasteiger partial charge in [-0.25, -0.2) is 0 Å². The Hall–Kier alpha value is -2.58. The van der Waals surface area contributed by atoms with E-state index in [-0.39, 0.29) is 0 Å². The summed E-state index contributed by atoms with van der Waals surface area (Å²) in [6.45, 7) is 5.28. The lowest BCUT2D eigenvalue weighted by Crippen LogP contribution is -2.23. The van der Waals surface area contributed by atoms with Crippen molar-refractivity contribution in [2.24, 2.45) is 5.92 Å². The molecule has 0 fully saturated rings. The van der Waals surface area contributed by atoms with Crippen LogP contribution in [0.5, 0.6) is 0 Å². The third-order valence-electron chi connectivity index (χ3n) is 4.84. The molecule has 0 radical (unpaired) electrons. The van der Waals surface area contributed by atoms with Crippen LogP contribution in [0.4, 0.5) is 0 Å². The molecule has 0 aliphatic heterocycles. The highest BCUT2D eigenvalue weighted by Crippen LogP contribution is 2.29. The molecule has 2 nitrogen and oxygen atoms in total. The summed E-state index contributed by atoms with van der Waals surface area (Å²) in [5.74, 6) is 0.558. The Balaban J connectivity index is 1.51. The lowest BCUT2D eigenvalue weighted by molar-refractivity contribution is 0.457. The molecule has 0 spiro atoms. The summed E-state index contributed by atoms with van der Waals surface area (Å²) in [5, 5.41) is 6.30. The molecule has 4 aromatic rings. The van der Waals surface area contributed by atoms with Gasteiger partial charge in [0.1, 0.15) is 0 Å². The Labute approximate surface area is 149 Å². The number of benzene rings is 3. The topological polar surface area (TPSA) is 17.0 Å². The maximum atomic E-state index is 3.60. The lowest BCUT2D eigenvalue weighted by Gasteiger charge is -2.16. The van der Waals surface area contributed by atoms with Gasteiger partial charge in [-0.2, -0.15) is 0 Å². The number of rotatable bonds is 6. The van der Waals surface area contributed by atoms with Crippen molar-refractivity contribution in [3.63, 3.8) is 0 Å². The number of hydrogen-bond acceptors (Lipinski definition) is 1. The van der Waals surface area contributed by atoms with E-state index in [0.29, 0.717) is 5.92 Å². The summed E-state index contributed by atoms with van der Waals surface area (Å²) in [4.78, 5) is 0. The van der Waals surface area contributed by atoms with Crippen LogP contribution in [0.3, 0.4) is 0 Å². The molecule has 1 heterocycles. The number of nitrogens with one attached hydrogen (secondary N) is 1. The molecule has 1 atom stereocenters. The average Bonchev–Trinajstić information content (AvgIpc) is 2.97. The second-order valence-corrected chi connectivity index (χ2v) is 6.87. The van der Waals surface area contributed by atoms with E-state index in [0.717, 1.165) is 19.6 Å². The molecule has 3 aromatic carbocycles. The molecular weight excluding hydrogens is 304 g/mol. The Bertz CT molecular complexity index is 916. The number of nitrogens with zero attached hydrogens (tertiary/aromatic N) is 1. The standard InChI is InChI=1S/C23H24N2/c1-18(15-24-16-19-9-3-2-4-10-19)17-25-22-13-7-5-11-20(22)21-12-6-8-14-23(21)25/h2-14,18,24H,15-17H2,1H3. The van der Waals surface area contributed by atoms with E-state index in [1.165, 1.54) is 27.4 Å². The zero-order chi connectivity index (χ0) is 17.1. The SMILES string of the molecule is CC(CNCc1ccccc1)Cn1c2ccccc2c2ccccc21. The zero-order valence-corrected chi connectivity index (χ0v) is 14.7. The smallest absolute Gasteiger partial charge is 0.0491 e. The summed E-state index contributed by atoms with van der Waals surface area (Å²) < 4.78 is 2.47. The molecule has 4 rings (SSSR count). The molecule has 1 unspecified atom stereocenters. The number of hydrogen-bond donors (Lipinski definition) is 1. The molecule has 2 heteroatoms. The van der Waals surface area contributed by atoms with Gasteiger partial charge in [-0.15, -0.1) is 0 Å². The maximum Gasteiger partial charge on any atom is 0.0491 e. The third-order valence-corrected chi connectivity index (χ3v) is 4.84. The first-order valence-corrected chi connectivity index (χ1v) is 9.03. The summed E-state index contributed by atoms with van der Waals surface area (Å²) in [6, 6.07) is 28.1. The monoisotopic (exact) mass is 328 g/mol. The highest BCUT2D eigenvalue weighted by atomic mass is 15.0. The fourth-order valence-electron chi connectivity index (χ4n) is 3.63. The van der Waals surface area contributed by atoms with Crippen molar-refractivity contribution in [1.29, 1.82) is 0 Å². The van der Waals surface area contributed by atoms with E-state index in [1.54, 1.807) is 0 Å². The average molecular weight is 328 g/mol. The fourth-order valence-corrected chi connectivity index (χ4v) is 3.63. The van der Waals surface area contributed by atoms with Crippen molar-refractivity contribution in [3.8, 4) is 0 Å². The van der Waals surface area contributed by atoms with E-state index >= 15 is 0 Å². The highest BCUT2D eigenvalue weighted by molar-refractivity contribution is 6.07. The number of para-hydroxylation sites is 2. The van der Waals surface area contributed by atoms with Crippen LogP contribution in [0.25, 0.3) is 21.8 Å². The molecule has 126 valence electrons. The lowest BCUT2D eigenvalue weighted by atomic mass is 10.1. The molecule has 25 heavy (non-hydrogen) atoms. The summed E-state index contributed by atoms with van der Waals surface area (Å²) >= 11 is 0. The summed E-state index contributed by atoms with van der Waals surface area (Å²) in [7, 11) is 0. The minimum Gasteiger partial charge on any atom is -0.340 e. The number of aromatic nitrogens is 1. The van der Waals surface area contributed by atoms with Gasteiger partial charge in [0.15, 0.2) is 0 Å². The first kappa shape index (κ1) is 15.9. The van der Waals surface area contributed by atoms with Crippen LogP contribution in [-0.2, 0) is 13.1 Å². The van der Waals surface area contributed by atoms with E-state index < -0.39 is 0 Å². The van der Waals surface area contributed by atoms with Gasteiger partial charge >= 0.3 is 0 Å². The molecule has 1 aromatic heterocycles. The van der Waals surface area contributed by atoms with Gasteiger partial charge in [-0.1, -0.05) is 73.7 Å². The van der Waals surface area contributed by atoms with Crippen LogP contribution < -0.4 is 5.32 Å². The summed E-state index contributed by atoms with van der Waals surface area (Å²) in [6.07, 6.45) is 0. The van der Waals surface area contributed by atoms with Crippen LogP contribution in [0, 0.1) is 5.92 Å². The first-order chi connectivity index (χ1) is 12.3. The van der Waals surface area contributed by atoms with Crippen molar-refractivity contribution in [2.75, 3.05) is 6.54 Å². The molecule has 0 saturated heterocycles. The predicted octanol–water partition coefficient (Wildman–Crippen LogP) is 5.22. The van der Waals surface area contributed by atoms with Gasteiger partial charge < -0.3 is 9.88 Å².